The quantitative estimate of drug-likeness (QED) is 0.435. The van der Waals surface area contributed by atoms with Crippen LogP contribution in [0.5, 0.6) is 0 Å². The van der Waals surface area contributed by atoms with E-state index in [0.717, 1.165) is 30.4 Å². The van der Waals surface area contributed by atoms with Crippen LogP contribution in [0.3, 0.4) is 0 Å². The summed E-state index contributed by atoms with van der Waals surface area (Å²) in [6.07, 6.45) is 9.93. The number of thioether (sulfide) groups is 1. The highest BCUT2D eigenvalue weighted by atomic mass is 32.2. The molecule has 0 radical (unpaired) electrons. The minimum absolute atomic E-state index is 0.739. The minimum atomic E-state index is -1.25. The molecule has 0 aliphatic heterocycles. The lowest BCUT2D eigenvalue weighted by Gasteiger charge is -2.04. The maximum Gasteiger partial charge on any atom is 0.343 e. The zero-order valence-electron chi connectivity index (χ0n) is 10.2. The summed E-state index contributed by atoms with van der Waals surface area (Å²) in [5.74, 6) is -0.396. The van der Waals surface area contributed by atoms with Gasteiger partial charge in [0.15, 0.2) is 5.44 Å². The molecule has 96 valence electrons. The van der Waals surface area contributed by atoms with Crippen LogP contribution in [0.15, 0.2) is 0 Å². The van der Waals surface area contributed by atoms with Gasteiger partial charge in [0.2, 0.25) is 0 Å². The van der Waals surface area contributed by atoms with E-state index in [1.54, 1.807) is 0 Å². The maximum atomic E-state index is 10.3. The van der Waals surface area contributed by atoms with E-state index in [2.05, 4.69) is 6.92 Å². The van der Waals surface area contributed by atoms with Crippen molar-refractivity contribution in [3.8, 4) is 0 Å². The molecule has 0 saturated carbocycles. The van der Waals surface area contributed by atoms with Gasteiger partial charge in [0.1, 0.15) is 0 Å². The zero-order chi connectivity index (χ0) is 12.2. The fourth-order valence-electron chi connectivity index (χ4n) is 1.50. The first-order chi connectivity index (χ1) is 7.68. The monoisotopic (exact) mass is 248 g/mol. The fraction of sp³-hybridized carbons (Fsp3) is 0.917. The summed E-state index contributed by atoms with van der Waals surface area (Å²) in [6.45, 7) is 2.21. The van der Waals surface area contributed by atoms with Gasteiger partial charge in [0, 0.05) is 0 Å². The predicted octanol–water partition coefficient (Wildman–Crippen LogP) is 3.26. The van der Waals surface area contributed by atoms with Crippen LogP contribution in [0, 0.1) is 0 Å². The van der Waals surface area contributed by atoms with Crippen LogP contribution in [-0.4, -0.2) is 27.4 Å². The molecule has 3 nitrogen and oxygen atoms in total. The Morgan fingerprint density at radius 3 is 2.06 bits per heavy atom. The van der Waals surface area contributed by atoms with Gasteiger partial charge in [-0.05, 0) is 12.2 Å². The number of hydrogen-bond donors (Lipinski definition) is 2. The van der Waals surface area contributed by atoms with Crippen molar-refractivity contribution < 1.29 is 15.0 Å². The fourth-order valence-corrected chi connectivity index (χ4v) is 2.24. The first-order valence-corrected chi connectivity index (χ1v) is 7.25. The topological polar surface area (TPSA) is 57.5 Å². The second-order valence-corrected chi connectivity index (χ2v) is 5.22. The Labute approximate surface area is 103 Å². The van der Waals surface area contributed by atoms with Crippen molar-refractivity contribution in [3.63, 3.8) is 0 Å². The van der Waals surface area contributed by atoms with Crippen LogP contribution < -0.4 is 0 Å². The summed E-state index contributed by atoms with van der Waals surface area (Å²) in [5.41, 5.74) is -1.25. The summed E-state index contributed by atoms with van der Waals surface area (Å²) < 4.78 is 0. The number of rotatable bonds is 11. The van der Waals surface area contributed by atoms with Crippen molar-refractivity contribution in [1.29, 1.82) is 0 Å². The lowest BCUT2D eigenvalue weighted by Crippen LogP contribution is -2.15. The van der Waals surface area contributed by atoms with Gasteiger partial charge in [-0.15, -0.1) is 11.8 Å². The highest BCUT2D eigenvalue weighted by Gasteiger charge is 2.11. The molecule has 0 bridgehead atoms. The smallest absolute Gasteiger partial charge is 0.343 e. The maximum absolute atomic E-state index is 10.3. The molecule has 0 saturated heterocycles. The Hall–Kier alpha value is -0.220. The predicted molar refractivity (Wildman–Crippen MR) is 68.7 cm³/mol. The largest absolute Gasteiger partial charge is 0.479 e. The van der Waals surface area contributed by atoms with Crippen LogP contribution in [0.25, 0.3) is 0 Å². The van der Waals surface area contributed by atoms with Gasteiger partial charge in [-0.25, -0.2) is 4.79 Å². The summed E-state index contributed by atoms with van der Waals surface area (Å²) in [6, 6.07) is 0. The summed E-state index contributed by atoms with van der Waals surface area (Å²) >= 11 is 1.11. The number of aliphatic hydroxyl groups is 1. The first kappa shape index (κ1) is 15.8. The molecular formula is C12H24O3S. The molecular weight excluding hydrogens is 224 g/mol. The van der Waals surface area contributed by atoms with E-state index in [0.29, 0.717) is 0 Å². The first-order valence-electron chi connectivity index (χ1n) is 6.21. The average Bonchev–Trinajstić information content (AvgIpc) is 2.26. The molecule has 0 spiro atoms. The molecule has 0 heterocycles. The van der Waals surface area contributed by atoms with Crippen LogP contribution in [-0.2, 0) is 4.79 Å². The molecule has 2 N–H and O–H groups in total. The minimum Gasteiger partial charge on any atom is -0.479 e. The summed E-state index contributed by atoms with van der Waals surface area (Å²) in [7, 11) is 0. The van der Waals surface area contributed by atoms with Crippen LogP contribution in [0.4, 0.5) is 0 Å². The molecule has 0 fully saturated rings. The number of carbonyl (C=O) groups is 1. The Morgan fingerprint density at radius 1 is 1.06 bits per heavy atom. The Kier molecular flexibility index (Phi) is 11.1. The summed E-state index contributed by atoms with van der Waals surface area (Å²) in [4.78, 5) is 10.3. The van der Waals surface area contributed by atoms with E-state index in [-0.39, 0.29) is 0 Å². The number of hydrogen-bond acceptors (Lipinski definition) is 3. The van der Waals surface area contributed by atoms with Gasteiger partial charge in [-0.1, -0.05) is 51.9 Å². The molecule has 0 aliphatic carbocycles. The number of aliphatic carboxylic acids is 1. The SMILES string of the molecule is CCCCCCCCCCSC(O)C(=O)O. The molecule has 0 aromatic heterocycles. The molecule has 0 aromatic rings. The highest BCUT2D eigenvalue weighted by Crippen LogP contribution is 2.13. The van der Waals surface area contributed by atoms with Gasteiger partial charge in [-0.2, -0.15) is 0 Å². The molecule has 0 aromatic carbocycles. The molecule has 0 rings (SSSR count). The second-order valence-electron chi connectivity index (χ2n) is 4.04. The highest BCUT2D eigenvalue weighted by molar-refractivity contribution is 8.00. The van der Waals surface area contributed by atoms with Crippen molar-refractivity contribution in [2.24, 2.45) is 0 Å². The van der Waals surface area contributed by atoms with Gasteiger partial charge < -0.3 is 10.2 Å². The standard InChI is InChI=1S/C12H24O3S/c1-2-3-4-5-6-7-8-9-10-16-12(15)11(13)14/h12,15H,2-10H2,1H3,(H,13,14). The van der Waals surface area contributed by atoms with Crippen LogP contribution >= 0.6 is 11.8 Å². The van der Waals surface area contributed by atoms with Gasteiger partial charge >= 0.3 is 5.97 Å². The van der Waals surface area contributed by atoms with Crippen molar-refractivity contribution in [2.75, 3.05) is 5.75 Å². The average molecular weight is 248 g/mol. The second kappa shape index (κ2) is 11.3. The van der Waals surface area contributed by atoms with Crippen molar-refractivity contribution in [3.05, 3.63) is 0 Å². The molecule has 1 unspecified atom stereocenters. The van der Waals surface area contributed by atoms with E-state index in [1.165, 1.54) is 38.5 Å². The van der Waals surface area contributed by atoms with Crippen molar-refractivity contribution in [1.82, 2.24) is 0 Å². The van der Waals surface area contributed by atoms with E-state index >= 15 is 0 Å². The molecule has 1 atom stereocenters. The van der Waals surface area contributed by atoms with E-state index in [1.807, 2.05) is 0 Å². The van der Waals surface area contributed by atoms with E-state index in [4.69, 9.17) is 10.2 Å². The third-order valence-electron chi connectivity index (χ3n) is 2.48. The Bertz CT molecular complexity index is 174. The lowest BCUT2D eigenvalue weighted by molar-refractivity contribution is -0.141. The third kappa shape index (κ3) is 10.3. The Morgan fingerprint density at radius 2 is 1.56 bits per heavy atom. The van der Waals surface area contributed by atoms with Crippen molar-refractivity contribution >= 4 is 17.7 Å². The normalized spacial score (nSPS) is 12.6. The lowest BCUT2D eigenvalue weighted by atomic mass is 10.1. The number of carboxylic acids is 1. The zero-order valence-corrected chi connectivity index (χ0v) is 11.0. The van der Waals surface area contributed by atoms with Crippen molar-refractivity contribution in [2.45, 2.75) is 63.7 Å². The molecule has 0 aliphatic rings. The third-order valence-corrected chi connectivity index (χ3v) is 3.53. The van der Waals surface area contributed by atoms with Gasteiger partial charge in [0.05, 0.1) is 0 Å². The van der Waals surface area contributed by atoms with Gasteiger partial charge in [0.25, 0.3) is 0 Å². The molecule has 4 heteroatoms. The number of aliphatic hydroxyl groups excluding tert-OH is 1. The van der Waals surface area contributed by atoms with Gasteiger partial charge in [-0.3, -0.25) is 0 Å². The van der Waals surface area contributed by atoms with Crippen LogP contribution in [0.2, 0.25) is 0 Å². The number of unbranched alkanes of at least 4 members (excludes halogenated alkanes) is 7. The van der Waals surface area contributed by atoms with E-state index in [9.17, 15) is 4.79 Å². The number of carboxylic acid groups (broad SMARTS) is 1. The summed E-state index contributed by atoms with van der Waals surface area (Å²) in [5, 5.41) is 17.4. The molecule has 16 heavy (non-hydrogen) atoms. The van der Waals surface area contributed by atoms with E-state index < -0.39 is 11.4 Å². The Balaban J connectivity index is 3.07. The van der Waals surface area contributed by atoms with Crippen LogP contribution in [0.1, 0.15) is 58.3 Å². The molecule has 0 amide bonds.